The van der Waals surface area contributed by atoms with Gasteiger partial charge in [0.05, 0.1) is 12.7 Å². The molecule has 2 nitrogen and oxygen atoms in total. The van der Waals surface area contributed by atoms with E-state index in [-0.39, 0.29) is 6.10 Å². The van der Waals surface area contributed by atoms with Gasteiger partial charge in [0, 0.05) is 23.8 Å². The summed E-state index contributed by atoms with van der Waals surface area (Å²) in [5.41, 5.74) is 2.47. The van der Waals surface area contributed by atoms with Crippen LogP contribution in [0, 0.1) is 11.8 Å². The van der Waals surface area contributed by atoms with Gasteiger partial charge in [-0.1, -0.05) is 61.8 Å². The molecular formula is C25H28ClNO. The lowest BCUT2D eigenvalue weighted by molar-refractivity contribution is 0.0129. The Balaban J connectivity index is 1.46. The minimum absolute atomic E-state index is 0.239. The number of ether oxygens (including phenoxy) is 1. The molecule has 2 unspecified atom stereocenters. The third-order valence-electron chi connectivity index (χ3n) is 5.88. The first-order valence-corrected chi connectivity index (χ1v) is 10.6. The van der Waals surface area contributed by atoms with Crippen molar-refractivity contribution in [3.05, 3.63) is 77.3 Å². The van der Waals surface area contributed by atoms with Gasteiger partial charge >= 0.3 is 0 Å². The van der Waals surface area contributed by atoms with Crippen LogP contribution in [0.4, 0.5) is 5.69 Å². The predicted molar refractivity (Wildman–Crippen MR) is 119 cm³/mol. The number of benzene rings is 3. The summed E-state index contributed by atoms with van der Waals surface area (Å²) in [6.45, 7) is 7.30. The summed E-state index contributed by atoms with van der Waals surface area (Å²) in [6, 6.07) is 23.3. The minimum atomic E-state index is 0.239. The number of halogens is 1. The summed E-state index contributed by atoms with van der Waals surface area (Å²) >= 11 is 6.07. The summed E-state index contributed by atoms with van der Waals surface area (Å²) in [6.07, 6.45) is 1.36. The van der Waals surface area contributed by atoms with Gasteiger partial charge in [-0.3, -0.25) is 0 Å². The number of hydrogen-bond acceptors (Lipinski definition) is 2. The number of piperidine rings is 1. The minimum Gasteiger partial charge on any atom is -0.372 e. The highest BCUT2D eigenvalue weighted by atomic mass is 35.5. The topological polar surface area (TPSA) is 12.5 Å². The average Bonchev–Trinajstić information content (AvgIpc) is 2.72. The molecule has 0 aliphatic carbocycles. The lowest BCUT2D eigenvalue weighted by Gasteiger charge is -2.40. The van der Waals surface area contributed by atoms with Gasteiger partial charge < -0.3 is 9.64 Å². The summed E-state index contributed by atoms with van der Waals surface area (Å²) < 4.78 is 6.41. The van der Waals surface area contributed by atoms with Crippen molar-refractivity contribution in [2.45, 2.75) is 33.0 Å². The van der Waals surface area contributed by atoms with E-state index in [1.54, 1.807) is 0 Å². The van der Waals surface area contributed by atoms with Gasteiger partial charge in [-0.2, -0.15) is 0 Å². The molecule has 3 aromatic rings. The van der Waals surface area contributed by atoms with Gasteiger partial charge in [0.2, 0.25) is 0 Å². The molecule has 2 atom stereocenters. The molecule has 0 spiro atoms. The molecule has 1 heterocycles. The number of hydrogen-bond donors (Lipinski definition) is 0. The highest BCUT2D eigenvalue weighted by Crippen LogP contribution is 2.30. The molecule has 0 saturated carbocycles. The molecule has 1 aliphatic heterocycles. The largest absolute Gasteiger partial charge is 0.372 e. The Bertz CT molecular complexity index is 921. The van der Waals surface area contributed by atoms with Crippen LogP contribution in [0.1, 0.15) is 25.8 Å². The van der Waals surface area contributed by atoms with Gasteiger partial charge in [0.25, 0.3) is 0 Å². The number of rotatable bonds is 5. The first-order chi connectivity index (χ1) is 13.6. The maximum Gasteiger partial charge on any atom is 0.0757 e. The second-order valence-corrected chi connectivity index (χ2v) is 8.67. The molecule has 4 rings (SSSR count). The molecule has 0 N–H and O–H groups in total. The van der Waals surface area contributed by atoms with Crippen LogP contribution in [0.15, 0.2) is 66.7 Å². The van der Waals surface area contributed by atoms with Crippen LogP contribution < -0.4 is 4.90 Å². The number of fused-ring (bicyclic) bond motifs is 1. The number of anilines is 1. The Morgan fingerprint density at radius 1 is 0.964 bits per heavy atom. The summed E-state index contributed by atoms with van der Waals surface area (Å²) in [5.74, 6) is 1.27. The van der Waals surface area contributed by atoms with Crippen LogP contribution in [0.3, 0.4) is 0 Å². The van der Waals surface area contributed by atoms with Gasteiger partial charge in [-0.25, -0.2) is 0 Å². The van der Waals surface area contributed by atoms with Gasteiger partial charge in [-0.05, 0) is 64.9 Å². The standard InChI is InChI=1S/C25H28ClNO/c1-18(2)22-14-25(16-27(15-22)24-11-9-23(26)10-12-24)28-17-19-7-8-20-5-3-4-6-21(20)13-19/h3-13,18,22,25H,14-17H2,1-2H3. The average molecular weight is 394 g/mol. The molecule has 3 heteroatoms. The van der Waals surface area contributed by atoms with E-state index in [1.807, 2.05) is 12.1 Å². The van der Waals surface area contributed by atoms with Crippen LogP contribution in [-0.4, -0.2) is 19.2 Å². The van der Waals surface area contributed by atoms with Crippen molar-refractivity contribution in [3.63, 3.8) is 0 Å². The van der Waals surface area contributed by atoms with E-state index in [4.69, 9.17) is 16.3 Å². The van der Waals surface area contributed by atoms with Crippen molar-refractivity contribution in [2.24, 2.45) is 11.8 Å². The molecule has 146 valence electrons. The van der Waals surface area contributed by atoms with Gasteiger partial charge in [-0.15, -0.1) is 0 Å². The van der Waals surface area contributed by atoms with Gasteiger partial charge in [0.1, 0.15) is 0 Å². The summed E-state index contributed by atoms with van der Waals surface area (Å²) in [5, 5.41) is 3.33. The molecular weight excluding hydrogens is 366 g/mol. The number of nitrogens with zero attached hydrogens (tertiary/aromatic N) is 1. The van der Waals surface area contributed by atoms with Crippen LogP contribution in [0.2, 0.25) is 5.02 Å². The normalized spacial score (nSPS) is 20.1. The van der Waals surface area contributed by atoms with E-state index in [0.717, 1.165) is 24.5 Å². The van der Waals surface area contributed by atoms with Crippen LogP contribution in [-0.2, 0) is 11.3 Å². The van der Waals surface area contributed by atoms with Crippen molar-refractivity contribution < 1.29 is 4.74 Å². The van der Waals surface area contributed by atoms with E-state index < -0.39 is 0 Å². The highest BCUT2D eigenvalue weighted by Gasteiger charge is 2.29. The maximum absolute atomic E-state index is 6.41. The SMILES string of the molecule is CC(C)C1CC(OCc2ccc3ccccc3c2)CN(c2ccc(Cl)cc2)C1. The second-order valence-electron chi connectivity index (χ2n) is 8.24. The Labute approximate surface area is 173 Å². The quantitative estimate of drug-likeness (QED) is 0.486. The molecule has 0 aromatic heterocycles. The van der Waals surface area contributed by atoms with Crippen molar-refractivity contribution in [1.82, 2.24) is 0 Å². The molecule has 1 fully saturated rings. The Hall–Kier alpha value is -2.03. The van der Waals surface area contributed by atoms with Crippen LogP contribution in [0.25, 0.3) is 10.8 Å². The van der Waals surface area contributed by atoms with E-state index in [1.165, 1.54) is 22.0 Å². The first kappa shape index (κ1) is 19.3. The molecule has 0 bridgehead atoms. The highest BCUT2D eigenvalue weighted by molar-refractivity contribution is 6.30. The Morgan fingerprint density at radius 3 is 2.46 bits per heavy atom. The molecule has 1 saturated heterocycles. The molecule has 0 amide bonds. The van der Waals surface area contributed by atoms with Crippen molar-refractivity contribution in [1.29, 1.82) is 0 Å². The van der Waals surface area contributed by atoms with Gasteiger partial charge in [0.15, 0.2) is 0 Å². The van der Waals surface area contributed by atoms with E-state index in [0.29, 0.717) is 18.4 Å². The fourth-order valence-corrected chi connectivity index (χ4v) is 4.23. The second kappa shape index (κ2) is 8.55. The third kappa shape index (κ3) is 4.51. The zero-order valence-corrected chi connectivity index (χ0v) is 17.4. The fourth-order valence-electron chi connectivity index (χ4n) is 4.10. The maximum atomic E-state index is 6.41. The van der Waals surface area contributed by atoms with E-state index in [9.17, 15) is 0 Å². The van der Waals surface area contributed by atoms with E-state index >= 15 is 0 Å². The summed E-state index contributed by atoms with van der Waals surface area (Å²) in [7, 11) is 0. The molecule has 0 radical (unpaired) electrons. The Morgan fingerprint density at radius 2 is 1.71 bits per heavy atom. The monoisotopic (exact) mass is 393 g/mol. The zero-order valence-electron chi connectivity index (χ0n) is 16.6. The van der Waals surface area contributed by atoms with Crippen molar-refractivity contribution in [3.8, 4) is 0 Å². The smallest absolute Gasteiger partial charge is 0.0757 e. The molecule has 28 heavy (non-hydrogen) atoms. The first-order valence-electron chi connectivity index (χ1n) is 10.2. The third-order valence-corrected chi connectivity index (χ3v) is 6.13. The fraction of sp³-hybridized carbons (Fsp3) is 0.360. The van der Waals surface area contributed by atoms with E-state index in [2.05, 4.69) is 73.3 Å². The van der Waals surface area contributed by atoms with Crippen LogP contribution >= 0.6 is 11.6 Å². The van der Waals surface area contributed by atoms with Crippen molar-refractivity contribution >= 4 is 28.1 Å². The molecule has 3 aromatic carbocycles. The molecule has 1 aliphatic rings. The zero-order chi connectivity index (χ0) is 19.5. The Kier molecular flexibility index (Phi) is 5.89. The lowest BCUT2D eigenvalue weighted by atomic mass is 9.86. The lowest BCUT2D eigenvalue weighted by Crippen LogP contribution is -2.45. The van der Waals surface area contributed by atoms with Crippen molar-refractivity contribution in [2.75, 3.05) is 18.0 Å². The predicted octanol–water partition coefficient (Wildman–Crippen LogP) is 6.56. The van der Waals surface area contributed by atoms with Crippen LogP contribution in [0.5, 0.6) is 0 Å². The summed E-state index contributed by atoms with van der Waals surface area (Å²) in [4.78, 5) is 2.45.